The zero-order valence-electron chi connectivity index (χ0n) is 6.84. The molecule has 0 saturated carbocycles. The minimum absolute atomic E-state index is 0.171. The summed E-state index contributed by atoms with van der Waals surface area (Å²) in [5.74, 6) is 0. The van der Waals surface area contributed by atoms with Crippen molar-refractivity contribution in [3.8, 4) is 0 Å². The lowest BCUT2D eigenvalue weighted by Gasteiger charge is -2.35. The van der Waals surface area contributed by atoms with Crippen LogP contribution in [0.5, 0.6) is 0 Å². The van der Waals surface area contributed by atoms with E-state index in [4.69, 9.17) is 19.9 Å². The van der Waals surface area contributed by atoms with Crippen LogP contribution in [-0.4, -0.2) is 49.5 Å². The predicted molar refractivity (Wildman–Crippen MR) is 39.4 cm³/mol. The highest BCUT2D eigenvalue weighted by molar-refractivity contribution is 4.95. The summed E-state index contributed by atoms with van der Waals surface area (Å²) in [6.45, 7) is 0.452. The van der Waals surface area contributed by atoms with E-state index in [2.05, 4.69) is 0 Å². The van der Waals surface area contributed by atoms with Gasteiger partial charge in [-0.15, -0.1) is 0 Å². The largest absolute Gasteiger partial charge is 0.388 e. The van der Waals surface area contributed by atoms with Crippen molar-refractivity contribution in [2.75, 3.05) is 13.7 Å². The minimum Gasteiger partial charge on any atom is -0.388 e. The van der Waals surface area contributed by atoms with Gasteiger partial charge in [-0.05, 0) is 0 Å². The van der Waals surface area contributed by atoms with Crippen LogP contribution in [0.4, 0.5) is 0 Å². The number of hydrogen-bond donors (Lipinski definition) is 2. The van der Waals surface area contributed by atoms with Crippen LogP contribution < -0.4 is 5.73 Å². The Hall–Kier alpha value is -0.200. The Morgan fingerprint density at radius 1 is 1.58 bits per heavy atom. The van der Waals surface area contributed by atoms with Gasteiger partial charge in [0, 0.05) is 7.11 Å². The van der Waals surface area contributed by atoms with Crippen molar-refractivity contribution in [3.63, 3.8) is 0 Å². The molecule has 70 valence electrons. The van der Waals surface area contributed by atoms with Crippen LogP contribution in [0.1, 0.15) is 0 Å². The molecule has 0 aromatic rings. The van der Waals surface area contributed by atoms with Gasteiger partial charge in [-0.1, -0.05) is 0 Å². The average Bonchev–Trinajstić information content (AvgIpc) is 2.49. The van der Waals surface area contributed by atoms with E-state index in [9.17, 15) is 5.11 Å². The van der Waals surface area contributed by atoms with Gasteiger partial charge < -0.3 is 25.1 Å². The lowest BCUT2D eigenvalue weighted by Crippen LogP contribution is -2.58. The number of aliphatic hydroxyl groups excluding tert-OH is 1. The molecule has 3 N–H and O–H groups in total. The van der Waals surface area contributed by atoms with Gasteiger partial charge in [-0.3, -0.25) is 0 Å². The third-order valence-corrected chi connectivity index (χ3v) is 2.42. The molecule has 2 fully saturated rings. The first-order chi connectivity index (χ1) is 5.74. The van der Waals surface area contributed by atoms with E-state index in [1.165, 1.54) is 7.11 Å². The fourth-order valence-electron chi connectivity index (χ4n) is 1.71. The van der Waals surface area contributed by atoms with E-state index < -0.39 is 18.4 Å². The summed E-state index contributed by atoms with van der Waals surface area (Å²) in [5.41, 5.74) is 5.65. The second kappa shape index (κ2) is 2.93. The highest BCUT2D eigenvalue weighted by atomic mass is 16.7. The lowest BCUT2D eigenvalue weighted by molar-refractivity contribution is -0.185. The fourth-order valence-corrected chi connectivity index (χ4v) is 1.71. The molecule has 2 bridgehead atoms. The van der Waals surface area contributed by atoms with Gasteiger partial charge in [0.25, 0.3) is 0 Å². The van der Waals surface area contributed by atoms with Crippen LogP contribution in [0.3, 0.4) is 0 Å². The maximum absolute atomic E-state index is 9.61. The molecular formula is C7H13NO4. The smallest absolute Gasteiger partial charge is 0.175 e. The monoisotopic (exact) mass is 175 g/mol. The van der Waals surface area contributed by atoms with E-state index >= 15 is 0 Å². The van der Waals surface area contributed by atoms with E-state index in [1.807, 2.05) is 0 Å². The normalized spacial score (nSPS) is 52.8. The van der Waals surface area contributed by atoms with Crippen LogP contribution >= 0.6 is 0 Å². The molecule has 0 aliphatic carbocycles. The maximum atomic E-state index is 9.61. The van der Waals surface area contributed by atoms with Crippen molar-refractivity contribution in [2.45, 2.75) is 30.6 Å². The Morgan fingerprint density at radius 2 is 2.33 bits per heavy atom. The quantitative estimate of drug-likeness (QED) is 0.504. The summed E-state index contributed by atoms with van der Waals surface area (Å²) >= 11 is 0. The Bertz CT molecular complexity index is 177. The molecule has 5 nitrogen and oxygen atoms in total. The van der Waals surface area contributed by atoms with Gasteiger partial charge in [-0.2, -0.15) is 0 Å². The molecule has 0 amide bonds. The maximum Gasteiger partial charge on any atom is 0.175 e. The molecular weight excluding hydrogens is 162 g/mol. The first kappa shape index (κ1) is 8.40. The van der Waals surface area contributed by atoms with Crippen LogP contribution in [0.25, 0.3) is 0 Å². The lowest BCUT2D eigenvalue weighted by atomic mass is 10.00. The number of aliphatic hydroxyl groups is 1. The summed E-state index contributed by atoms with van der Waals surface area (Å²) < 4.78 is 15.6. The van der Waals surface area contributed by atoms with Gasteiger partial charge in [0.15, 0.2) is 6.29 Å². The van der Waals surface area contributed by atoms with Crippen LogP contribution in [0.2, 0.25) is 0 Å². The molecule has 2 aliphatic rings. The first-order valence-corrected chi connectivity index (χ1v) is 3.97. The molecule has 2 heterocycles. The molecule has 12 heavy (non-hydrogen) atoms. The van der Waals surface area contributed by atoms with Gasteiger partial charge in [-0.25, -0.2) is 0 Å². The minimum atomic E-state index is -0.693. The van der Waals surface area contributed by atoms with Crippen molar-refractivity contribution >= 4 is 0 Å². The van der Waals surface area contributed by atoms with Gasteiger partial charge >= 0.3 is 0 Å². The molecule has 0 unspecified atom stereocenters. The number of rotatable bonds is 1. The number of methoxy groups -OCH3 is 1. The SMILES string of the molecule is CO[C@H]1[C@H](O)[C@@H](N)[C@@H]2OC[C@H]1O2. The molecule has 0 aromatic carbocycles. The summed E-state index contributed by atoms with van der Waals surface area (Å²) in [6, 6.07) is -0.506. The first-order valence-electron chi connectivity index (χ1n) is 3.97. The number of ether oxygens (including phenoxy) is 3. The van der Waals surface area contributed by atoms with E-state index in [1.54, 1.807) is 0 Å². The van der Waals surface area contributed by atoms with Crippen molar-refractivity contribution < 1.29 is 19.3 Å². The van der Waals surface area contributed by atoms with Gasteiger partial charge in [0.2, 0.25) is 0 Å². The zero-order chi connectivity index (χ0) is 8.72. The summed E-state index contributed by atoms with van der Waals surface area (Å²) in [4.78, 5) is 0. The molecule has 5 heteroatoms. The molecule has 2 saturated heterocycles. The summed E-state index contributed by atoms with van der Waals surface area (Å²) in [6.07, 6.45) is -1.69. The number of fused-ring (bicyclic) bond motifs is 2. The fraction of sp³-hybridized carbons (Fsp3) is 1.00. The average molecular weight is 175 g/mol. The molecule has 5 atom stereocenters. The molecule has 2 rings (SSSR count). The molecule has 0 spiro atoms. The zero-order valence-corrected chi connectivity index (χ0v) is 6.84. The van der Waals surface area contributed by atoms with Crippen LogP contribution in [0, 0.1) is 0 Å². The summed E-state index contributed by atoms with van der Waals surface area (Å²) in [7, 11) is 1.53. The Kier molecular flexibility index (Phi) is 2.05. The van der Waals surface area contributed by atoms with Crippen molar-refractivity contribution in [1.29, 1.82) is 0 Å². The highest BCUT2D eigenvalue weighted by Crippen LogP contribution is 2.28. The van der Waals surface area contributed by atoms with E-state index in [0.29, 0.717) is 6.61 Å². The van der Waals surface area contributed by atoms with Crippen molar-refractivity contribution in [2.24, 2.45) is 5.73 Å². The van der Waals surface area contributed by atoms with E-state index in [0.717, 1.165) is 0 Å². The standard InChI is InChI=1S/C7H13NO4/c1-10-6-3-2-11-7(12-3)4(8)5(6)9/h3-7,9H,2,8H2,1H3/t3-,4-,5-,6-,7-/m1/s1. The second-order valence-electron chi connectivity index (χ2n) is 3.14. The Labute approximate surface area is 70.4 Å². The molecule has 0 radical (unpaired) electrons. The third kappa shape index (κ3) is 1.06. The Morgan fingerprint density at radius 3 is 3.00 bits per heavy atom. The van der Waals surface area contributed by atoms with Crippen molar-refractivity contribution in [1.82, 2.24) is 0 Å². The summed E-state index contributed by atoms with van der Waals surface area (Å²) in [5, 5.41) is 9.61. The number of hydrogen-bond acceptors (Lipinski definition) is 5. The topological polar surface area (TPSA) is 73.9 Å². The second-order valence-corrected chi connectivity index (χ2v) is 3.14. The predicted octanol–water partition coefficient (Wildman–Crippen LogP) is -1.56. The molecule has 2 aliphatic heterocycles. The number of nitrogens with two attached hydrogens (primary N) is 1. The van der Waals surface area contributed by atoms with Crippen molar-refractivity contribution in [3.05, 3.63) is 0 Å². The van der Waals surface area contributed by atoms with Crippen LogP contribution in [0.15, 0.2) is 0 Å². The highest BCUT2D eigenvalue weighted by Gasteiger charge is 2.48. The molecule has 0 aromatic heterocycles. The third-order valence-electron chi connectivity index (χ3n) is 2.42. The Balaban J connectivity index is 2.14. The van der Waals surface area contributed by atoms with Crippen LogP contribution in [-0.2, 0) is 14.2 Å². The van der Waals surface area contributed by atoms with Gasteiger partial charge in [0.1, 0.15) is 18.3 Å². The van der Waals surface area contributed by atoms with Gasteiger partial charge in [0.05, 0.1) is 12.6 Å². The van der Waals surface area contributed by atoms with E-state index in [-0.39, 0.29) is 12.2 Å².